The molecular weight excluding hydrogens is 344 g/mol. The molecule has 0 aliphatic heterocycles. The molecule has 0 radical (unpaired) electrons. The van der Waals surface area contributed by atoms with Gasteiger partial charge in [-0.05, 0) is 11.1 Å². The van der Waals surface area contributed by atoms with E-state index in [9.17, 15) is 9.59 Å². The van der Waals surface area contributed by atoms with E-state index in [4.69, 9.17) is 10.2 Å². The minimum atomic E-state index is -0.869. The zero-order valence-corrected chi connectivity index (χ0v) is 14.5. The van der Waals surface area contributed by atoms with Crippen LogP contribution in [0.1, 0.15) is 34.5 Å². The van der Waals surface area contributed by atoms with Gasteiger partial charge < -0.3 is 10.2 Å². The average Bonchev–Trinajstić information content (AvgIpc) is 2.58. The third kappa shape index (κ3) is 5.94. The van der Waals surface area contributed by atoms with Gasteiger partial charge in [0, 0.05) is 0 Å². The highest BCUT2D eigenvalue weighted by Crippen LogP contribution is 2.48. The smallest absolute Gasteiger partial charge is 0.304 e. The van der Waals surface area contributed by atoms with E-state index in [1.165, 1.54) is 21.6 Å². The predicted molar refractivity (Wildman–Crippen MR) is 98.1 cm³/mol. The summed E-state index contributed by atoms with van der Waals surface area (Å²) in [6.45, 7) is 0. The highest BCUT2D eigenvalue weighted by Gasteiger charge is 2.22. The second-order valence-corrected chi connectivity index (χ2v) is 7.86. The Hall–Kier alpha value is -1.92. The molecule has 126 valence electrons. The maximum absolute atomic E-state index is 11.2. The lowest BCUT2D eigenvalue weighted by Gasteiger charge is -2.19. The van der Waals surface area contributed by atoms with Crippen molar-refractivity contribution < 1.29 is 19.8 Å². The summed E-state index contributed by atoms with van der Waals surface area (Å²) in [7, 11) is 2.84. The normalized spacial score (nSPS) is 13.2. The summed E-state index contributed by atoms with van der Waals surface area (Å²) in [6.07, 6.45) is -0.00742. The number of aliphatic carboxylic acids is 2. The van der Waals surface area contributed by atoms with Gasteiger partial charge in [0.1, 0.15) is 0 Å². The third-order valence-corrected chi connectivity index (χ3v) is 6.53. The first-order chi connectivity index (χ1) is 11.6. The molecule has 2 rings (SSSR count). The van der Waals surface area contributed by atoms with Gasteiger partial charge in [-0.3, -0.25) is 9.59 Å². The molecule has 0 saturated carbocycles. The van der Waals surface area contributed by atoms with Crippen molar-refractivity contribution >= 4 is 33.5 Å². The molecule has 0 bridgehead atoms. The SMILES string of the molecule is O=C(O)CC(SSC(CC(=O)O)c1ccccc1)c1ccccc1. The summed E-state index contributed by atoms with van der Waals surface area (Å²) in [5, 5.41) is 17.9. The molecule has 0 aliphatic rings. The first kappa shape index (κ1) is 18.4. The van der Waals surface area contributed by atoms with Crippen molar-refractivity contribution in [3.8, 4) is 0 Å². The van der Waals surface area contributed by atoms with Crippen LogP contribution >= 0.6 is 21.6 Å². The number of rotatable bonds is 9. The fraction of sp³-hybridized carbons (Fsp3) is 0.222. The van der Waals surface area contributed by atoms with Gasteiger partial charge in [0.15, 0.2) is 0 Å². The molecule has 0 amide bonds. The van der Waals surface area contributed by atoms with Crippen LogP contribution in [-0.4, -0.2) is 22.2 Å². The minimum absolute atomic E-state index is 0.00371. The Balaban J connectivity index is 2.12. The molecule has 2 aromatic carbocycles. The molecule has 6 heteroatoms. The Bertz CT molecular complexity index is 602. The number of hydrogen-bond acceptors (Lipinski definition) is 4. The molecule has 0 fully saturated rings. The van der Waals surface area contributed by atoms with E-state index >= 15 is 0 Å². The van der Waals surface area contributed by atoms with Crippen molar-refractivity contribution in [2.45, 2.75) is 23.3 Å². The molecule has 0 heterocycles. The summed E-state index contributed by atoms with van der Waals surface area (Å²) in [6, 6.07) is 18.9. The summed E-state index contributed by atoms with van der Waals surface area (Å²) in [4.78, 5) is 22.3. The molecule has 2 unspecified atom stereocenters. The summed E-state index contributed by atoms with van der Waals surface area (Å²) in [5.74, 6) is -1.74. The van der Waals surface area contributed by atoms with Crippen LogP contribution in [0.15, 0.2) is 60.7 Å². The van der Waals surface area contributed by atoms with E-state index in [1.54, 1.807) is 0 Å². The maximum atomic E-state index is 11.2. The largest absolute Gasteiger partial charge is 0.481 e. The maximum Gasteiger partial charge on any atom is 0.304 e. The third-order valence-electron chi connectivity index (χ3n) is 3.35. The van der Waals surface area contributed by atoms with Crippen molar-refractivity contribution in [2.24, 2.45) is 0 Å². The quantitative estimate of drug-likeness (QED) is 0.624. The van der Waals surface area contributed by atoms with Crippen LogP contribution in [0, 0.1) is 0 Å². The Kier molecular flexibility index (Phi) is 7.21. The topological polar surface area (TPSA) is 74.6 Å². The number of benzene rings is 2. The summed E-state index contributed by atoms with van der Waals surface area (Å²) in [5.41, 5.74) is 1.86. The second-order valence-electron chi connectivity index (χ2n) is 5.19. The predicted octanol–water partition coefficient (Wildman–Crippen LogP) is 4.80. The van der Waals surface area contributed by atoms with Crippen molar-refractivity contribution in [3.63, 3.8) is 0 Å². The first-order valence-corrected chi connectivity index (χ1v) is 9.69. The van der Waals surface area contributed by atoms with Crippen LogP contribution in [0.4, 0.5) is 0 Å². The molecule has 4 nitrogen and oxygen atoms in total. The van der Waals surface area contributed by atoms with Crippen molar-refractivity contribution in [2.75, 3.05) is 0 Å². The van der Waals surface area contributed by atoms with Gasteiger partial charge >= 0.3 is 11.9 Å². The average molecular weight is 362 g/mol. The van der Waals surface area contributed by atoms with Crippen molar-refractivity contribution in [3.05, 3.63) is 71.8 Å². The number of carboxylic acid groups (broad SMARTS) is 2. The van der Waals surface area contributed by atoms with Crippen LogP contribution in [0.3, 0.4) is 0 Å². The molecule has 2 atom stereocenters. The van der Waals surface area contributed by atoms with Crippen molar-refractivity contribution in [1.29, 1.82) is 0 Å². The molecule has 0 aliphatic carbocycles. The first-order valence-electron chi connectivity index (χ1n) is 7.42. The van der Waals surface area contributed by atoms with Gasteiger partial charge in [0.2, 0.25) is 0 Å². The Morgan fingerprint density at radius 1 is 0.708 bits per heavy atom. The zero-order chi connectivity index (χ0) is 17.4. The monoisotopic (exact) mass is 362 g/mol. The van der Waals surface area contributed by atoms with Crippen LogP contribution < -0.4 is 0 Å². The van der Waals surface area contributed by atoms with E-state index in [-0.39, 0.29) is 23.3 Å². The van der Waals surface area contributed by atoms with Gasteiger partial charge in [-0.2, -0.15) is 0 Å². The molecule has 2 aromatic rings. The van der Waals surface area contributed by atoms with Crippen LogP contribution in [-0.2, 0) is 9.59 Å². The zero-order valence-electron chi connectivity index (χ0n) is 12.9. The number of hydrogen-bond donors (Lipinski definition) is 2. The van der Waals surface area contributed by atoms with Crippen LogP contribution in [0.5, 0.6) is 0 Å². The summed E-state index contributed by atoms with van der Waals surface area (Å²) < 4.78 is 0. The number of carboxylic acids is 2. The molecule has 2 N–H and O–H groups in total. The van der Waals surface area contributed by atoms with Crippen LogP contribution in [0.25, 0.3) is 0 Å². The highest BCUT2D eigenvalue weighted by molar-refractivity contribution is 8.76. The molecule has 0 aromatic heterocycles. The fourth-order valence-corrected chi connectivity index (χ4v) is 5.31. The van der Waals surface area contributed by atoms with E-state index < -0.39 is 11.9 Å². The summed E-state index contributed by atoms with van der Waals surface area (Å²) >= 11 is 0. The molecule has 0 saturated heterocycles. The van der Waals surface area contributed by atoms with Gasteiger partial charge in [-0.1, -0.05) is 82.3 Å². The van der Waals surface area contributed by atoms with E-state index in [0.29, 0.717) is 0 Å². The standard InChI is InChI=1S/C18H18O4S2/c19-17(20)11-15(13-7-3-1-4-8-13)23-24-16(12-18(21)22)14-9-5-2-6-10-14/h1-10,15-16H,11-12H2,(H,19,20)(H,21,22). The molecular formula is C18H18O4S2. The minimum Gasteiger partial charge on any atom is -0.481 e. The lowest BCUT2D eigenvalue weighted by molar-refractivity contribution is -0.138. The molecule has 0 spiro atoms. The fourth-order valence-electron chi connectivity index (χ4n) is 2.20. The second kappa shape index (κ2) is 9.39. The van der Waals surface area contributed by atoms with Gasteiger partial charge in [0.25, 0.3) is 0 Å². The van der Waals surface area contributed by atoms with Crippen molar-refractivity contribution in [1.82, 2.24) is 0 Å². The van der Waals surface area contributed by atoms with Crippen LogP contribution in [0.2, 0.25) is 0 Å². The van der Waals surface area contributed by atoms with Gasteiger partial charge in [0.05, 0.1) is 23.3 Å². The van der Waals surface area contributed by atoms with E-state index in [0.717, 1.165) is 11.1 Å². The molecule has 24 heavy (non-hydrogen) atoms. The lowest BCUT2D eigenvalue weighted by Crippen LogP contribution is -2.05. The number of carbonyl (C=O) groups is 2. The Labute approximate surface area is 148 Å². The lowest BCUT2D eigenvalue weighted by atomic mass is 10.1. The van der Waals surface area contributed by atoms with Gasteiger partial charge in [-0.25, -0.2) is 0 Å². The van der Waals surface area contributed by atoms with E-state index in [1.807, 2.05) is 60.7 Å². The van der Waals surface area contributed by atoms with Gasteiger partial charge in [-0.15, -0.1) is 0 Å². The Morgan fingerprint density at radius 3 is 1.33 bits per heavy atom. The highest BCUT2D eigenvalue weighted by atomic mass is 33.1. The Morgan fingerprint density at radius 2 is 1.04 bits per heavy atom. The van der Waals surface area contributed by atoms with E-state index in [2.05, 4.69) is 0 Å².